The summed E-state index contributed by atoms with van der Waals surface area (Å²) < 4.78 is 1.79. The molecule has 4 rings (SSSR count). The zero-order valence-electron chi connectivity index (χ0n) is 15.4. The molecule has 0 spiro atoms. The van der Waals surface area contributed by atoms with Crippen LogP contribution in [0.1, 0.15) is 37.1 Å². The van der Waals surface area contributed by atoms with Crippen LogP contribution >= 0.6 is 0 Å². The van der Waals surface area contributed by atoms with Gasteiger partial charge in [-0.05, 0) is 47.6 Å². The minimum Gasteiger partial charge on any atom is -0.395 e. The van der Waals surface area contributed by atoms with Gasteiger partial charge in [-0.3, -0.25) is 0 Å². The summed E-state index contributed by atoms with van der Waals surface area (Å²) in [5, 5.41) is 24.7. The van der Waals surface area contributed by atoms with Crippen LogP contribution in [-0.2, 0) is 18.5 Å². The number of nitrogens with one attached hydrogen (secondary N) is 1. The van der Waals surface area contributed by atoms with Crippen molar-refractivity contribution in [3.63, 3.8) is 0 Å². The highest BCUT2D eigenvalue weighted by atomic mass is 16.3. The lowest BCUT2D eigenvalue weighted by molar-refractivity contribution is 0.110. The Hall–Kier alpha value is -2.48. The number of aliphatic hydroxyl groups excluding tert-OH is 1. The van der Waals surface area contributed by atoms with Gasteiger partial charge in [-0.15, -0.1) is 5.10 Å². The van der Waals surface area contributed by atoms with Gasteiger partial charge in [-0.1, -0.05) is 30.3 Å². The Bertz CT molecular complexity index is 766. The Morgan fingerprint density at radius 1 is 1.22 bits per heavy atom. The van der Waals surface area contributed by atoms with E-state index in [2.05, 4.69) is 33.0 Å². The monoisotopic (exact) mass is 370 g/mol. The van der Waals surface area contributed by atoms with Gasteiger partial charge >= 0.3 is 6.03 Å². The van der Waals surface area contributed by atoms with Crippen molar-refractivity contribution in [2.75, 3.05) is 19.7 Å². The highest BCUT2D eigenvalue weighted by Gasteiger charge is 2.37. The number of carbonyl (C=O) groups excluding carboxylic acids is 1. The number of benzene rings is 1. The predicted octanol–water partition coefficient (Wildman–Crippen LogP) is 1.32. The number of piperidine rings is 1. The molecule has 2 amide bonds. The fourth-order valence-corrected chi connectivity index (χ4v) is 3.77. The van der Waals surface area contributed by atoms with Crippen LogP contribution in [0.4, 0.5) is 4.79 Å². The number of tetrazole rings is 1. The highest BCUT2D eigenvalue weighted by molar-refractivity contribution is 5.74. The summed E-state index contributed by atoms with van der Waals surface area (Å²) in [6, 6.07) is 10.00. The van der Waals surface area contributed by atoms with Gasteiger partial charge in [0.2, 0.25) is 0 Å². The average molecular weight is 370 g/mol. The molecule has 1 aliphatic heterocycles. The van der Waals surface area contributed by atoms with Crippen molar-refractivity contribution >= 4 is 6.03 Å². The average Bonchev–Trinajstić information content (AvgIpc) is 3.43. The molecule has 2 N–H and O–H groups in total. The minimum atomic E-state index is -0.258. The fourth-order valence-electron chi connectivity index (χ4n) is 3.77. The molecule has 1 saturated heterocycles. The second-order valence-electron chi connectivity index (χ2n) is 7.67. The highest BCUT2D eigenvalue weighted by Crippen LogP contribution is 2.35. The van der Waals surface area contributed by atoms with E-state index in [9.17, 15) is 9.90 Å². The Balaban J connectivity index is 1.31. The van der Waals surface area contributed by atoms with Crippen LogP contribution in [0, 0.1) is 5.92 Å². The predicted molar refractivity (Wildman–Crippen MR) is 98.8 cm³/mol. The Labute approximate surface area is 158 Å². The molecular formula is C19H26N6O2. The van der Waals surface area contributed by atoms with Crippen molar-refractivity contribution in [2.24, 2.45) is 5.92 Å². The zero-order valence-corrected chi connectivity index (χ0v) is 15.4. The SMILES string of the molecule is O=C(NCc1nnnn1CC1CC1)N1CCC(CO)(c2ccccc2)CC1. The van der Waals surface area contributed by atoms with Crippen LogP contribution in [0.5, 0.6) is 0 Å². The van der Waals surface area contributed by atoms with E-state index in [4.69, 9.17) is 0 Å². The van der Waals surface area contributed by atoms with E-state index >= 15 is 0 Å². The van der Waals surface area contributed by atoms with Gasteiger partial charge in [-0.2, -0.15) is 0 Å². The number of aliphatic hydroxyl groups is 1. The van der Waals surface area contributed by atoms with Crippen LogP contribution < -0.4 is 5.32 Å². The van der Waals surface area contributed by atoms with Gasteiger partial charge in [-0.25, -0.2) is 9.48 Å². The molecule has 0 bridgehead atoms. The molecule has 2 fully saturated rings. The maximum Gasteiger partial charge on any atom is 0.317 e. The maximum absolute atomic E-state index is 12.5. The molecule has 0 atom stereocenters. The third-order valence-corrected chi connectivity index (χ3v) is 5.83. The number of hydrogen-bond donors (Lipinski definition) is 2. The number of urea groups is 1. The van der Waals surface area contributed by atoms with Crippen LogP contribution in [-0.4, -0.2) is 55.9 Å². The molecule has 1 aliphatic carbocycles. The summed E-state index contributed by atoms with van der Waals surface area (Å²) in [6.45, 7) is 2.50. The zero-order chi connectivity index (χ0) is 18.7. The summed E-state index contributed by atoms with van der Waals surface area (Å²) in [5.41, 5.74) is 0.888. The molecule has 0 unspecified atom stereocenters. The van der Waals surface area contributed by atoms with E-state index < -0.39 is 0 Å². The summed E-state index contributed by atoms with van der Waals surface area (Å²) in [5.74, 6) is 1.37. The van der Waals surface area contributed by atoms with Crippen molar-refractivity contribution in [1.82, 2.24) is 30.4 Å². The molecule has 2 aliphatic rings. The van der Waals surface area contributed by atoms with Crippen LogP contribution in [0.25, 0.3) is 0 Å². The minimum absolute atomic E-state index is 0.0996. The summed E-state index contributed by atoms with van der Waals surface area (Å²) >= 11 is 0. The van der Waals surface area contributed by atoms with Crippen LogP contribution in [0.15, 0.2) is 30.3 Å². The molecular weight excluding hydrogens is 344 g/mol. The van der Waals surface area contributed by atoms with Gasteiger partial charge in [0.1, 0.15) is 0 Å². The smallest absolute Gasteiger partial charge is 0.317 e. The van der Waals surface area contributed by atoms with E-state index in [1.807, 2.05) is 23.1 Å². The topological polar surface area (TPSA) is 96.2 Å². The lowest BCUT2D eigenvalue weighted by atomic mass is 9.73. The van der Waals surface area contributed by atoms with Gasteiger partial charge < -0.3 is 15.3 Å². The molecule has 1 aromatic heterocycles. The largest absolute Gasteiger partial charge is 0.395 e. The molecule has 8 nitrogen and oxygen atoms in total. The normalized spacial score (nSPS) is 19.1. The van der Waals surface area contributed by atoms with E-state index in [1.54, 1.807) is 4.68 Å². The standard InChI is InChI=1S/C19H26N6O2/c26-14-19(16-4-2-1-3-5-16)8-10-24(11-9-19)18(27)20-12-17-21-22-23-25(17)13-15-6-7-15/h1-5,15,26H,6-14H2,(H,20,27). The lowest BCUT2D eigenvalue weighted by Crippen LogP contribution is -2.50. The van der Waals surface area contributed by atoms with Gasteiger partial charge in [0.05, 0.1) is 13.2 Å². The van der Waals surface area contributed by atoms with E-state index in [1.165, 1.54) is 12.8 Å². The van der Waals surface area contributed by atoms with E-state index in [0.717, 1.165) is 24.9 Å². The first-order valence-electron chi connectivity index (χ1n) is 9.64. The number of hydrogen-bond acceptors (Lipinski definition) is 5. The Kier molecular flexibility index (Phi) is 5.07. The van der Waals surface area contributed by atoms with E-state index in [-0.39, 0.29) is 18.1 Å². The molecule has 27 heavy (non-hydrogen) atoms. The number of rotatable bonds is 6. The number of carbonyl (C=O) groups is 1. The fraction of sp³-hybridized carbons (Fsp3) is 0.579. The first kappa shape index (κ1) is 17.9. The Morgan fingerprint density at radius 3 is 2.63 bits per heavy atom. The summed E-state index contributed by atoms with van der Waals surface area (Å²) in [7, 11) is 0. The second-order valence-corrected chi connectivity index (χ2v) is 7.67. The van der Waals surface area contributed by atoms with Gasteiger partial charge in [0.15, 0.2) is 5.82 Å². The van der Waals surface area contributed by atoms with Crippen LogP contribution in [0.2, 0.25) is 0 Å². The third-order valence-electron chi connectivity index (χ3n) is 5.83. The van der Waals surface area contributed by atoms with Gasteiger partial charge in [0, 0.05) is 25.0 Å². The molecule has 1 saturated carbocycles. The summed E-state index contributed by atoms with van der Waals surface area (Å²) in [6.07, 6.45) is 3.96. The molecule has 2 aromatic rings. The number of likely N-dealkylation sites (tertiary alicyclic amines) is 1. The third kappa shape index (κ3) is 3.95. The van der Waals surface area contributed by atoms with Crippen molar-refractivity contribution in [2.45, 2.75) is 44.2 Å². The van der Waals surface area contributed by atoms with Gasteiger partial charge in [0.25, 0.3) is 0 Å². The second kappa shape index (κ2) is 7.64. The molecule has 0 radical (unpaired) electrons. The molecule has 1 aromatic carbocycles. The number of amides is 2. The summed E-state index contributed by atoms with van der Waals surface area (Å²) in [4.78, 5) is 14.4. The molecule has 8 heteroatoms. The maximum atomic E-state index is 12.5. The molecule has 2 heterocycles. The molecule has 144 valence electrons. The van der Waals surface area contributed by atoms with Crippen molar-refractivity contribution in [3.05, 3.63) is 41.7 Å². The quantitative estimate of drug-likeness (QED) is 0.799. The van der Waals surface area contributed by atoms with Crippen LogP contribution in [0.3, 0.4) is 0 Å². The number of nitrogens with zero attached hydrogens (tertiary/aromatic N) is 5. The first-order valence-corrected chi connectivity index (χ1v) is 9.64. The first-order chi connectivity index (χ1) is 13.2. The van der Waals surface area contributed by atoms with E-state index in [0.29, 0.717) is 31.4 Å². The van der Waals surface area contributed by atoms with Crippen molar-refractivity contribution in [1.29, 1.82) is 0 Å². The lowest BCUT2D eigenvalue weighted by Gasteiger charge is -2.41. The van der Waals surface area contributed by atoms with Crippen molar-refractivity contribution < 1.29 is 9.90 Å². The Morgan fingerprint density at radius 2 is 1.96 bits per heavy atom. The number of aromatic nitrogens is 4. The van der Waals surface area contributed by atoms with Crippen molar-refractivity contribution in [3.8, 4) is 0 Å².